The molecule has 2 aromatic rings. The molecule has 1 unspecified atom stereocenters. The highest BCUT2D eigenvalue weighted by atomic mass is 32.2. The fourth-order valence-corrected chi connectivity index (χ4v) is 5.48. The monoisotopic (exact) mass is 427 g/mol. The number of hydrogen-bond acceptors (Lipinski definition) is 3. The zero-order valence-corrected chi connectivity index (χ0v) is 18.3. The Morgan fingerprint density at radius 2 is 1.67 bits per heavy atom. The van der Waals surface area contributed by atoms with E-state index in [0.717, 1.165) is 36.9 Å². The number of hydrogen-bond donors (Lipinski definition) is 2. The Kier molecular flexibility index (Phi) is 5.70. The van der Waals surface area contributed by atoms with E-state index in [1.807, 2.05) is 24.3 Å². The minimum Gasteiger partial charge on any atom is -0.330 e. The lowest BCUT2D eigenvalue weighted by Gasteiger charge is -2.48. The summed E-state index contributed by atoms with van der Waals surface area (Å²) in [5.41, 5.74) is 2.72. The lowest BCUT2D eigenvalue weighted by molar-refractivity contribution is 0.0658. The summed E-state index contributed by atoms with van der Waals surface area (Å²) in [6.07, 6.45) is 3.81. The summed E-state index contributed by atoms with van der Waals surface area (Å²) >= 11 is -1.87. The normalized spacial score (nSPS) is 27.5. The fourth-order valence-electron chi connectivity index (χ4n) is 5.00. The molecule has 2 N–H and O–H groups in total. The molecule has 1 atom stereocenters. The Morgan fingerprint density at radius 3 is 2.23 bits per heavy atom. The Bertz CT molecular complexity index is 922. The zero-order valence-electron chi connectivity index (χ0n) is 17.5. The van der Waals surface area contributed by atoms with Crippen LogP contribution in [0.3, 0.4) is 0 Å². The van der Waals surface area contributed by atoms with Gasteiger partial charge in [-0.15, -0.1) is 0 Å². The van der Waals surface area contributed by atoms with Crippen LogP contribution in [0, 0.1) is 0 Å². The SMILES string of the molecule is CN(C)C1(c2ccccc2)CCC2(CC1)CN(c1ccc(CS(=O)O)cc1)C(=O)N2. The fraction of sp³-hybridized carbons (Fsp3) is 0.435. The van der Waals surface area contributed by atoms with Gasteiger partial charge in [-0.1, -0.05) is 42.5 Å². The van der Waals surface area contributed by atoms with Crippen molar-refractivity contribution in [2.75, 3.05) is 25.5 Å². The average Bonchev–Trinajstić information content (AvgIpc) is 3.05. The maximum absolute atomic E-state index is 12.8. The summed E-state index contributed by atoms with van der Waals surface area (Å²) in [6.45, 7) is 0.648. The summed E-state index contributed by atoms with van der Waals surface area (Å²) in [5, 5.41) is 3.27. The second-order valence-electron chi connectivity index (χ2n) is 8.72. The summed E-state index contributed by atoms with van der Waals surface area (Å²) < 4.78 is 20.1. The first-order valence-corrected chi connectivity index (χ1v) is 11.6. The van der Waals surface area contributed by atoms with E-state index >= 15 is 0 Å². The van der Waals surface area contributed by atoms with Crippen LogP contribution in [-0.4, -0.2) is 45.9 Å². The standard InChI is InChI=1S/C23H29N3O3S/c1-25(2)23(19-6-4-3-5-7-19)14-12-22(13-15-23)17-26(21(27)24-22)20-10-8-18(9-11-20)16-30(28)29/h3-11H,12-17H2,1-2H3,(H,24,27)(H,28,29). The molecule has 2 fully saturated rings. The Hall–Kier alpha value is -2.22. The minimum atomic E-state index is -1.87. The molecule has 2 aliphatic rings. The van der Waals surface area contributed by atoms with Crippen LogP contribution in [0.5, 0.6) is 0 Å². The van der Waals surface area contributed by atoms with E-state index in [0.29, 0.717) is 6.54 Å². The van der Waals surface area contributed by atoms with Gasteiger partial charge in [0.05, 0.1) is 17.8 Å². The first kappa shape index (κ1) is 21.0. The lowest BCUT2D eigenvalue weighted by Crippen LogP contribution is -2.54. The molecule has 1 aliphatic heterocycles. The van der Waals surface area contributed by atoms with Crippen LogP contribution in [0.4, 0.5) is 10.5 Å². The van der Waals surface area contributed by atoms with E-state index in [2.05, 4.69) is 54.6 Å². The minimum absolute atomic E-state index is 0.00769. The lowest BCUT2D eigenvalue weighted by atomic mass is 9.69. The van der Waals surface area contributed by atoms with E-state index in [1.165, 1.54) is 5.56 Å². The maximum Gasteiger partial charge on any atom is 0.322 e. The molecule has 0 bridgehead atoms. The highest BCUT2D eigenvalue weighted by molar-refractivity contribution is 7.78. The quantitative estimate of drug-likeness (QED) is 0.714. The summed E-state index contributed by atoms with van der Waals surface area (Å²) in [6, 6.07) is 17.9. The van der Waals surface area contributed by atoms with Crippen LogP contribution >= 0.6 is 0 Å². The van der Waals surface area contributed by atoms with Crippen molar-refractivity contribution in [2.24, 2.45) is 0 Å². The Labute approximate surface area is 180 Å². The Balaban J connectivity index is 1.50. The van der Waals surface area contributed by atoms with E-state index < -0.39 is 11.1 Å². The molecule has 2 aromatic carbocycles. The van der Waals surface area contributed by atoms with Crippen molar-refractivity contribution in [1.82, 2.24) is 10.2 Å². The number of rotatable bonds is 5. The van der Waals surface area contributed by atoms with Crippen LogP contribution < -0.4 is 10.2 Å². The number of amides is 2. The molecule has 6 nitrogen and oxygen atoms in total. The van der Waals surface area contributed by atoms with Gasteiger partial charge in [0, 0.05) is 11.2 Å². The highest BCUT2D eigenvalue weighted by Gasteiger charge is 2.50. The van der Waals surface area contributed by atoms with Gasteiger partial charge in [0.25, 0.3) is 0 Å². The number of benzene rings is 2. The van der Waals surface area contributed by atoms with Gasteiger partial charge in [0.1, 0.15) is 0 Å². The molecule has 30 heavy (non-hydrogen) atoms. The third-order valence-electron chi connectivity index (χ3n) is 6.82. The average molecular weight is 428 g/mol. The molecule has 1 aliphatic carbocycles. The van der Waals surface area contributed by atoms with Crippen molar-refractivity contribution >= 4 is 22.8 Å². The summed E-state index contributed by atoms with van der Waals surface area (Å²) in [5.74, 6) is 0.0997. The zero-order chi connectivity index (χ0) is 21.4. The molecule has 4 rings (SSSR count). The topological polar surface area (TPSA) is 72.9 Å². The number of carbonyl (C=O) groups excluding carboxylic acids is 1. The number of nitrogens with one attached hydrogen (secondary N) is 1. The molecule has 1 spiro atoms. The van der Waals surface area contributed by atoms with Gasteiger partial charge in [-0.25, -0.2) is 9.00 Å². The van der Waals surface area contributed by atoms with Gasteiger partial charge < -0.3 is 9.87 Å². The molecular weight excluding hydrogens is 398 g/mol. The van der Waals surface area contributed by atoms with Gasteiger partial charge >= 0.3 is 6.03 Å². The van der Waals surface area contributed by atoms with E-state index in [9.17, 15) is 9.00 Å². The predicted octanol–water partition coefficient (Wildman–Crippen LogP) is 3.71. The summed E-state index contributed by atoms with van der Waals surface area (Å²) in [7, 11) is 4.29. The third kappa shape index (κ3) is 3.89. The molecule has 1 heterocycles. The number of anilines is 1. The van der Waals surface area contributed by atoms with Crippen molar-refractivity contribution < 1.29 is 13.6 Å². The number of carbonyl (C=O) groups is 1. The number of nitrogens with zero attached hydrogens (tertiary/aromatic N) is 2. The van der Waals surface area contributed by atoms with E-state index in [1.54, 1.807) is 4.90 Å². The molecule has 0 radical (unpaired) electrons. The van der Waals surface area contributed by atoms with Crippen LogP contribution in [0.25, 0.3) is 0 Å². The molecule has 7 heteroatoms. The van der Waals surface area contributed by atoms with Gasteiger partial charge in [-0.2, -0.15) is 0 Å². The van der Waals surface area contributed by atoms with Crippen molar-refractivity contribution in [3.63, 3.8) is 0 Å². The van der Waals surface area contributed by atoms with Gasteiger partial charge in [0.15, 0.2) is 11.1 Å². The maximum atomic E-state index is 12.8. The molecule has 2 amide bonds. The van der Waals surface area contributed by atoms with Crippen molar-refractivity contribution in [3.05, 3.63) is 65.7 Å². The molecule has 160 valence electrons. The molecule has 1 saturated carbocycles. The van der Waals surface area contributed by atoms with Crippen LogP contribution in [0.2, 0.25) is 0 Å². The van der Waals surface area contributed by atoms with E-state index in [4.69, 9.17) is 4.55 Å². The second-order valence-corrected chi connectivity index (χ2v) is 9.65. The predicted molar refractivity (Wildman–Crippen MR) is 120 cm³/mol. The summed E-state index contributed by atoms with van der Waals surface area (Å²) in [4.78, 5) is 16.9. The van der Waals surface area contributed by atoms with Gasteiger partial charge in [-0.3, -0.25) is 9.80 Å². The smallest absolute Gasteiger partial charge is 0.322 e. The molecule has 1 saturated heterocycles. The van der Waals surface area contributed by atoms with Crippen LogP contribution in [0.15, 0.2) is 54.6 Å². The molecular formula is C23H29N3O3S. The van der Waals surface area contributed by atoms with Crippen LogP contribution in [-0.2, 0) is 22.4 Å². The number of urea groups is 1. The Morgan fingerprint density at radius 1 is 1.03 bits per heavy atom. The third-order valence-corrected chi connectivity index (χ3v) is 7.40. The van der Waals surface area contributed by atoms with Crippen molar-refractivity contribution in [2.45, 2.75) is 42.5 Å². The van der Waals surface area contributed by atoms with Gasteiger partial charge in [0.2, 0.25) is 0 Å². The second kappa shape index (κ2) is 8.13. The first-order valence-electron chi connectivity index (χ1n) is 10.3. The van der Waals surface area contributed by atoms with Crippen molar-refractivity contribution in [1.29, 1.82) is 0 Å². The van der Waals surface area contributed by atoms with Crippen molar-refractivity contribution in [3.8, 4) is 0 Å². The highest BCUT2D eigenvalue weighted by Crippen LogP contribution is 2.46. The van der Waals surface area contributed by atoms with Gasteiger partial charge in [-0.05, 0) is 63.0 Å². The molecule has 0 aromatic heterocycles. The largest absolute Gasteiger partial charge is 0.330 e. The first-order chi connectivity index (χ1) is 14.3. The van der Waals surface area contributed by atoms with E-state index in [-0.39, 0.29) is 22.9 Å². The van der Waals surface area contributed by atoms with Crippen LogP contribution in [0.1, 0.15) is 36.8 Å².